The SMILES string of the molecule is NNC(=O)c1c(O)ccc[n+]1CC(=O)O.[Cl-]. The van der Waals surface area contributed by atoms with E-state index in [1.54, 1.807) is 0 Å². The molecule has 1 heterocycles. The number of carbonyl (C=O) groups excluding carboxylic acids is 1. The van der Waals surface area contributed by atoms with Gasteiger partial charge in [-0.25, -0.2) is 10.6 Å². The highest BCUT2D eigenvalue weighted by atomic mass is 35.5. The number of amides is 1. The summed E-state index contributed by atoms with van der Waals surface area (Å²) in [6.45, 7) is -0.433. The number of nitrogens with zero attached hydrogens (tertiary/aromatic N) is 1. The highest BCUT2D eigenvalue weighted by Gasteiger charge is 2.24. The number of halogens is 1. The summed E-state index contributed by atoms with van der Waals surface area (Å²) in [6.07, 6.45) is 1.36. The lowest BCUT2D eigenvalue weighted by molar-refractivity contribution is -0.688. The molecule has 8 heteroatoms. The molecule has 0 radical (unpaired) electrons. The van der Waals surface area contributed by atoms with Gasteiger partial charge in [-0.15, -0.1) is 0 Å². The molecule has 0 unspecified atom stereocenters. The van der Waals surface area contributed by atoms with E-state index in [9.17, 15) is 14.7 Å². The number of rotatable bonds is 3. The molecule has 1 amide bonds. The zero-order valence-electron chi connectivity index (χ0n) is 8.05. The van der Waals surface area contributed by atoms with Crippen LogP contribution in [0.2, 0.25) is 0 Å². The maximum absolute atomic E-state index is 11.2. The summed E-state index contributed by atoms with van der Waals surface area (Å²) in [6, 6.07) is 2.69. The summed E-state index contributed by atoms with van der Waals surface area (Å²) in [5.41, 5.74) is 1.63. The smallest absolute Gasteiger partial charge is 0.370 e. The molecule has 88 valence electrons. The van der Waals surface area contributed by atoms with E-state index in [1.807, 2.05) is 5.43 Å². The molecule has 0 aliphatic carbocycles. The van der Waals surface area contributed by atoms with E-state index in [1.165, 1.54) is 18.3 Å². The Morgan fingerprint density at radius 2 is 2.12 bits per heavy atom. The number of carboxylic acid groups (broad SMARTS) is 1. The van der Waals surface area contributed by atoms with Crippen molar-refractivity contribution in [3.8, 4) is 5.75 Å². The molecular weight excluding hydrogens is 238 g/mol. The van der Waals surface area contributed by atoms with Crippen molar-refractivity contribution in [3.05, 3.63) is 24.0 Å². The molecule has 0 fully saturated rings. The third-order valence-corrected chi connectivity index (χ3v) is 1.70. The van der Waals surface area contributed by atoms with Crippen LogP contribution < -0.4 is 28.2 Å². The molecule has 1 rings (SSSR count). The van der Waals surface area contributed by atoms with Gasteiger partial charge in [-0.3, -0.25) is 10.2 Å². The van der Waals surface area contributed by atoms with Crippen LogP contribution in [0.5, 0.6) is 5.75 Å². The Morgan fingerprint density at radius 3 is 2.62 bits per heavy atom. The number of pyridine rings is 1. The Morgan fingerprint density at radius 1 is 1.50 bits per heavy atom. The molecule has 5 N–H and O–H groups in total. The maximum Gasteiger partial charge on any atom is 0.370 e. The average molecular weight is 248 g/mol. The third-order valence-electron chi connectivity index (χ3n) is 1.70. The van der Waals surface area contributed by atoms with Gasteiger partial charge in [0.05, 0.1) is 0 Å². The van der Waals surface area contributed by atoms with Crippen molar-refractivity contribution < 1.29 is 36.8 Å². The predicted octanol–water partition coefficient (Wildman–Crippen LogP) is -4.63. The molecule has 0 aliphatic rings. The Hall–Kier alpha value is -1.86. The fourth-order valence-corrected chi connectivity index (χ4v) is 1.13. The van der Waals surface area contributed by atoms with Gasteiger partial charge in [0.2, 0.25) is 6.54 Å². The number of aliphatic carboxylic acids is 1. The van der Waals surface area contributed by atoms with Crippen molar-refractivity contribution in [3.63, 3.8) is 0 Å². The van der Waals surface area contributed by atoms with Crippen molar-refractivity contribution in [2.24, 2.45) is 5.84 Å². The average Bonchev–Trinajstić information content (AvgIpc) is 2.16. The minimum Gasteiger partial charge on any atom is -1.00 e. The van der Waals surface area contributed by atoms with Gasteiger partial charge >= 0.3 is 17.6 Å². The summed E-state index contributed by atoms with van der Waals surface area (Å²) >= 11 is 0. The molecule has 0 spiro atoms. The van der Waals surface area contributed by atoms with E-state index in [4.69, 9.17) is 10.9 Å². The number of nitrogens with one attached hydrogen (secondary N) is 1. The molecule has 1 aromatic rings. The number of hydrogen-bond donors (Lipinski definition) is 4. The van der Waals surface area contributed by atoms with Crippen LogP contribution in [0.25, 0.3) is 0 Å². The molecule has 0 atom stereocenters. The van der Waals surface area contributed by atoms with Crippen molar-refractivity contribution in [2.45, 2.75) is 6.54 Å². The summed E-state index contributed by atoms with van der Waals surface area (Å²) < 4.78 is 1.08. The lowest BCUT2D eigenvalue weighted by Gasteiger charge is -2.01. The zero-order valence-corrected chi connectivity index (χ0v) is 8.81. The number of nitrogen functional groups attached to an aromatic ring is 1. The first kappa shape index (κ1) is 14.1. The summed E-state index contributed by atoms with van der Waals surface area (Å²) in [7, 11) is 0. The van der Waals surface area contributed by atoms with E-state index in [2.05, 4.69) is 0 Å². The van der Waals surface area contributed by atoms with Gasteiger partial charge in [-0.2, -0.15) is 4.57 Å². The van der Waals surface area contributed by atoms with Gasteiger partial charge in [0, 0.05) is 6.07 Å². The van der Waals surface area contributed by atoms with Crippen LogP contribution in [-0.2, 0) is 11.3 Å². The topological polar surface area (TPSA) is 117 Å². The van der Waals surface area contributed by atoms with Crippen LogP contribution in [0.15, 0.2) is 18.3 Å². The fraction of sp³-hybridized carbons (Fsp3) is 0.125. The van der Waals surface area contributed by atoms with Crippen LogP contribution >= 0.6 is 0 Å². The third kappa shape index (κ3) is 3.07. The van der Waals surface area contributed by atoms with Crippen molar-refractivity contribution in [1.29, 1.82) is 0 Å². The summed E-state index contributed by atoms with van der Waals surface area (Å²) in [5, 5.41) is 17.9. The van der Waals surface area contributed by atoms with Gasteiger partial charge in [0.15, 0.2) is 11.9 Å². The summed E-state index contributed by atoms with van der Waals surface area (Å²) in [5.74, 6) is 2.69. The van der Waals surface area contributed by atoms with Crippen LogP contribution in [0.3, 0.4) is 0 Å². The first-order valence-electron chi connectivity index (χ1n) is 4.00. The van der Waals surface area contributed by atoms with E-state index in [-0.39, 0.29) is 23.9 Å². The quantitative estimate of drug-likeness (QED) is 0.186. The molecule has 0 saturated heterocycles. The lowest BCUT2D eigenvalue weighted by Crippen LogP contribution is -3.00. The van der Waals surface area contributed by atoms with Crippen molar-refractivity contribution in [1.82, 2.24) is 5.43 Å². The van der Waals surface area contributed by atoms with Gasteiger partial charge in [0.1, 0.15) is 0 Å². The van der Waals surface area contributed by atoms with Gasteiger partial charge in [0.25, 0.3) is 0 Å². The minimum absolute atomic E-state index is 0. The van der Waals surface area contributed by atoms with E-state index < -0.39 is 18.4 Å². The molecule has 0 bridgehead atoms. The Kier molecular flexibility index (Phi) is 5.20. The van der Waals surface area contributed by atoms with E-state index in [0.29, 0.717) is 0 Å². The minimum atomic E-state index is -1.13. The molecule has 16 heavy (non-hydrogen) atoms. The van der Waals surface area contributed by atoms with Gasteiger partial charge < -0.3 is 22.6 Å². The Bertz CT molecular complexity index is 410. The Balaban J connectivity index is 0.00000225. The molecule has 0 aliphatic heterocycles. The van der Waals surface area contributed by atoms with Crippen LogP contribution in [-0.4, -0.2) is 22.1 Å². The molecule has 7 nitrogen and oxygen atoms in total. The number of aromatic hydroxyl groups is 1. The first-order chi connectivity index (χ1) is 7.06. The van der Waals surface area contributed by atoms with Crippen molar-refractivity contribution in [2.75, 3.05) is 0 Å². The number of carboxylic acids is 1. The largest absolute Gasteiger partial charge is 1.00 e. The fourth-order valence-electron chi connectivity index (χ4n) is 1.13. The number of nitrogens with two attached hydrogens (primary N) is 1. The second kappa shape index (κ2) is 5.89. The standard InChI is InChI=1S/C8H9N3O4.ClH/c9-10-8(15)7-5(12)2-1-3-11(7)4-6(13)14;/h1-3,9H,4H2,(H3,12,13,14,15);1H. The highest BCUT2D eigenvalue weighted by Crippen LogP contribution is 2.10. The first-order valence-corrected chi connectivity index (χ1v) is 4.00. The van der Waals surface area contributed by atoms with Crippen molar-refractivity contribution >= 4 is 11.9 Å². The number of hydrogen-bond acceptors (Lipinski definition) is 4. The van der Waals surface area contributed by atoms with Crippen LogP contribution in [0.1, 0.15) is 10.5 Å². The van der Waals surface area contributed by atoms with Gasteiger partial charge in [-0.1, -0.05) is 0 Å². The molecule has 0 saturated carbocycles. The van der Waals surface area contributed by atoms with E-state index in [0.717, 1.165) is 4.57 Å². The predicted molar refractivity (Wildman–Crippen MR) is 47.6 cm³/mol. The van der Waals surface area contributed by atoms with Crippen LogP contribution in [0, 0.1) is 0 Å². The number of carbonyl (C=O) groups is 2. The number of hydrazine groups is 1. The zero-order chi connectivity index (χ0) is 11.4. The molecule has 1 aromatic heterocycles. The highest BCUT2D eigenvalue weighted by molar-refractivity contribution is 5.92. The second-order valence-electron chi connectivity index (χ2n) is 2.74. The number of aromatic nitrogens is 1. The maximum atomic E-state index is 11.2. The normalized spacial score (nSPS) is 9.06. The Labute approximate surface area is 96.9 Å². The second-order valence-corrected chi connectivity index (χ2v) is 2.74. The lowest BCUT2D eigenvalue weighted by atomic mass is 10.3. The molecule has 0 aromatic carbocycles. The summed E-state index contributed by atoms with van der Waals surface area (Å²) in [4.78, 5) is 21.7. The molecular formula is C8H10ClN3O4. The van der Waals surface area contributed by atoms with Gasteiger partial charge in [-0.05, 0) is 6.07 Å². The monoisotopic (exact) mass is 247 g/mol. The van der Waals surface area contributed by atoms with Crippen LogP contribution in [0.4, 0.5) is 0 Å². The van der Waals surface area contributed by atoms with E-state index >= 15 is 0 Å².